The van der Waals surface area contributed by atoms with E-state index in [4.69, 9.17) is 9.84 Å². The molecule has 3 nitrogen and oxygen atoms in total. The molecule has 0 fully saturated rings. The van der Waals surface area contributed by atoms with Gasteiger partial charge in [0.15, 0.2) is 0 Å². The number of hydrogen-bond donors (Lipinski definition) is 2. The van der Waals surface area contributed by atoms with Crippen LogP contribution in [0.5, 0.6) is 0 Å². The van der Waals surface area contributed by atoms with Crippen molar-refractivity contribution < 1.29 is 9.84 Å². The van der Waals surface area contributed by atoms with Gasteiger partial charge in [0.1, 0.15) is 0 Å². The predicted molar refractivity (Wildman–Crippen MR) is 45.7 cm³/mol. The van der Waals surface area contributed by atoms with E-state index in [1.54, 1.807) is 0 Å². The summed E-state index contributed by atoms with van der Waals surface area (Å²) in [7, 11) is 1.81. The molecule has 0 heterocycles. The van der Waals surface area contributed by atoms with Crippen LogP contribution >= 0.6 is 0 Å². The second-order valence-electron chi connectivity index (χ2n) is 2.64. The molecule has 0 saturated carbocycles. The highest BCUT2D eigenvalue weighted by Crippen LogP contribution is 1.89. The third-order valence-corrected chi connectivity index (χ3v) is 1.39. The Labute approximate surface area is 68.8 Å². The molecule has 0 aromatic carbocycles. The smallest absolute Gasteiger partial charge is 0.0897 e. The Balaban J connectivity index is 2.97. The van der Waals surface area contributed by atoms with Gasteiger partial charge >= 0.3 is 0 Å². The van der Waals surface area contributed by atoms with E-state index in [9.17, 15) is 0 Å². The fourth-order valence-electron chi connectivity index (χ4n) is 0.760. The van der Waals surface area contributed by atoms with Gasteiger partial charge < -0.3 is 15.2 Å². The van der Waals surface area contributed by atoms with Crippen LogP contribution in [-0.2, 0) is 4.74 Å². The van der Waals surface area contributed by atoms with Crippen molar-refractivity contribution in [3.8, 4) is 0 Å². The van der Waals surface area contributed by atoms with E-state index < -0.39 is 0 Å². The molecule has 0 bridgehead atoms. The van der Waals surface area contributed by atoms with E-state index in [-0.39, 0.29) is 6.10 Å². The van der Waals surface area contributed by atoms with Gasteiger partial charge in [0.2, 0.25) is 0 Å². The Kier molecular flexibility index (Phi) is 7.89. The summed E-state index contributed by atoms with van der Waals surface area (Å²) in [6, 6.07) is 0. The van der Waals surface area contributed by atoms with Crippen molar-refractivity contribution in [1.82, 2.24) is 5.32 Å². The topological polar surface area (TPSA) is 41.5 Å². The number of nitrogens with one attached hydrogen (secondary N) is 1. The van der Waals surface area contributed by atoms with Gasteiger partial charge in [-0.1, -0.05) is 13.3 Å². The molecule has 68 valence electrons. The third kappa shape index (κ3) is 7.78. The van der Waals surface area contributed by atoms with Crippen molar-refractivity contribution in [3.05, 3.63) is 0 Å². The lowest BCUT2D eigenvalue weighted by atomic mass is 10.3. The van der Waals surface area contributed by atoms with Gasteiger partial charge in [0, 0.05) is 13.2 Å². The SMILES string of the molecule is CCCCOCC(O)CNC. The zero-order valence-corrected chi connectivity index (χ0v) is 7.47. The molecule has 0 spiro atoms. The summed E-state index contributed by atoms with van der Waals surface area (Å²) in [5, 5.41) is 12.0. The molecule has 11 heavy (non-hydrogen) atoms. The Bertz CT molecular complexity index is 78.5. The maximum atomic E-state index is 9.16. The van der Waals surface area contributed by atoms with Crippen molar-refractivity contribution >= 4 is 0 Å². The molecule has 0 aromatic heterocycles. The highest BCUT2D eigenvalue weighted by Gasteiger charge is 2.00. The lowest BCUT2D eigenvalue weighted by Crippen LogP contribution is -2.27. The number of ether oxygens (including phenoxy) is 1. The Morgan fingerprint density at radius 3 is 2.82 bits per heavy atom. The highest BCUT2D eigenvalue weighted by atomic mass is 16.5. The highest BCUT2D eigenvalue weighted by molar-refractivity contribution is 4.54. The van der Waals surface area contributed by atoms with Crippen LogP contribution in [0, 0.1) is 0 Å². The summed E-state index contributed by atoms with van der Waals surface area (Å²) < 4.78 is 5.20. The first-order chi connectivity index (χ1) is 5.31. The lowest BCUT2D eigenvalue weighted by molar-refractivity contribution is 0.0368. The summed E-state index contributed by atoms with van der Waals surface area (Å²) in [5.41, 5.74) is 0. The summed E-state index contributed by atoms with van der Waals surface area (Å²) in [5.74, 6) is 0. The average molecular weight is 161 g/mol. The van der Waals surface area contributed by atoms with Crippen LogP contribution in [0.25, 0.3) is 0 Å². The first-order valence-corrected chi connectivity index (χ1v) is 4.21. The van der Waals surface area contributed by atoms with Gasteiger partial charge in [-0.3, -0.25) is 0 Å². The van der Waals surface area contributed by atoms with Crippen LogP contribution in [-0.4, -0.2) is 38.0 Å². The molecule has 1 unspecified atom stereocenters. The third-order valence-electron chi connectivity index (χ3n) is 1.39. The Morgan fingerprint density at radius 1 is 1.55 bits per heavy atom. The summed E-state index contributed by atoms with van der Waals surface area (Å²) in [6.07, 6.45) is 1.85. The molecule has 0 aliphatic rings. The van der Waals surface area contributed by atoms with Crippen LogP contribution < -0.4 is 5.32 Å². The average Bonchev–Trinajstić information content (AvgIpc) is 1.99. The zero-order valence-electron chi connectivity index (χ0n) is 7.47. The van der Waals surface area contributed by atoms with Crippen molar-refractivity contribution in [2.24, 2.45) is 0 Å². The molecule has 0 radical (unpaired) electrons. The van der Waals surface area contributed by atoms with Crippen LogP contribution in [0.15, 0.2) is 0 Å². The van der Waals surface area contributed by atoms with Gasteiger partial charge in [-0.25, -0.2) is 0 Å². The molecule has 0 aliphatic carbocycles. The van der Waals surface area contributed by atoms with Gasteiger partial charge in [-0.05, 0) is 13.5 Å². The molecule has 1 atom stereocenters. The quantitative estimate of drug-likeness (QED) is 0.530. The molecule has 3 heteroatoms. The summed E-state index contributed by atoms with van der Waals surface area (Å²) in [6.45, 7) is 3.93. The van der Waals surface area contributed by atoms with Crippen molar-refractivity contribution in [2.45, 2.75) is 25.9 Å². The Morgan fingerprint density at radius 2 is 2.27 bits per heavy atom. The molecule has 0 rings (SSSR count). The monoisotopic (exact) mass is 161 g/mol. The Hall–Kier alpha value is -0.120. The van der Waals surface area contributed by atoms with Crippen molar-refractivity contribution in [3.63, 3.8) is 0 Å². The van der Waals surface area contributed by atoms with E-state index in [2.05, 4.69) is 12.2 Å². The summed E-state index contributed by atoms with van der Waals surface area (Å²) in [4.78, 5) is 0. The van der Waals surface area contributed by atoms with Crippen LogP contribution in [0.3, 0.4) is 0 Å². The van der Waals surface area contributed by atoms with Crippen LogP contribution in [0.1, 0.15) is 19.8 Å². The number of hydrogen-bond acceptors (Lipinski definition) is 3. The molecule has 0 aliphatic heterocycles. The van der Waals surface area contributed by atoms with Crippen molar-refractivity contribution in [2.75, 3.05) is 26.8 Å². The normalized spacial score (nSPS) is 13.4. The van der Waals surface area contributed by atoms with Crippen LogP contribution in [0.2, 0.25) is 0 Å². The minimum atomic E-state index is -0.364. The minimum Gasteiger partial charge on any atom is -0.389 e. The lowest BCUT2D eigenvalue weighted by Gasteiger charge is -2.09. The first kappa shape index (κ1) is 10.9. The van der Waals surface area contributed by atoms with Gasteiger partial charge in [-0.15, -0.1) is 0 Å². The first-order valence-electron chi connectivity index (χ1n) is 4.21. The second-order valence-corrected chi connectivity index (χ2v) is 2.64. The maximum absolute atomic E-state index is 9.16. The van der Waals surface area contributed by atoms with E-state index in [0.29, 0.717) is 13.2 Å². The standard InChI is InChI=1S/C8H19NO2/c1-3-4-5-11-7-8(10)6-9-2/h8-10H,3-7H2,1-2H3. The molecule has 0 aromatic rings. The molecule has 0 amide bonds. The van der Waals surface area contributed by atoms with Gasteiger partial charge in [0.05, 0.1) is 12.7 Å². The van der Waals surface area contributed by atoms with Gasteiger partial charge in [0.25, 0.3) is 0 Å². The number of rotatable bonds is 7. The zero-order chi connectivity index (χ0) is 8.53. The van der Waals surface area contributed by atoms with E-state index in [1.807, 2.05) is 7.05 Å². The maximum Gasteiger partial charge on any atom is 0.0897 e. The predicted octanol–water partition coefficient (Wildman–Crippen LogP) is 0.383. The van der Waals surface area contributed by atoms with Crippen LogP contribution in [0.4, 0.5) is 0 Å². The fraction of sp³-hybridized carbons (Fsp3) is 1.00. The largest absolute Gasteiger partial charge is 0.389 e. The van der Waals surface area contributed by atoms with E-state index in [1.165, 1.54) is 0 Å². The van der Waals surface area contributed by atoms with Crippen molar-refractivity contribution in [1.29, 1.82) is 0 Å². The molecule has 0 saturated heterocycles. The summed E-state index contributed by atoms with van der Waals surface area (Å²) >= 11 is 0. The molecular formula is C8H19NO2. The molecular weight excluding hydrogens is 142 g/mol. The minimum absolute atomic E-state index is 0.364. The number of aliphatic hydroxyl groups excluding tert-OH is 1. The number of unbranched alkanes of at least 4 members (excludes halogenated alkanes) is 1. The second kappa shape index (κ2) is 7.98. The number of likely N-dealkylation sites (N-methyl/N-ethyl adjacent to an activating group) is 1. The van der Waals surface area contributed by atoms with Gasteiger partial charge in [-0.2, -0.15) is 0 Å². The van der Waals surface area contributed by atoms with E-state index >= 15 is 0 Å². The molecule has 2 N–H and O–H groups in total. The van der Waals surface area contributed by atoms with E-state index in [0.717, 1.165) is 19.4 Å². The number of aliphatic hydroxyl groups is 1. The fourth-order valence-corrected chi connectivity index (χ4v) is 0.760.